The maximum atomic E-state index is 13.0. The number of hydrogen-bond acceptors (Lipinski definition) is 4. The molecule has 1 aromatic carbocycles. The summed E-state index contributed by atoms with van der Waals surface area (Å²) < 4.78 is 1.87. The van der Waals surface area contributed by atoms with Crippen LogP contribution in [0.3, 0.4) is 0 Å². The minimum absolute atomic E-state index is 0.115. The van der Waals surface area contributed by atoms with E-state index in [1.807, 2.05) is 39.9 Å². The molecule has 1 aromatic heterocycles. The molecule has 0 saturated carbocycles. The number of anilines is 1. The topological polar surface area (TPSA) is 61.7 Å². The number of nitrogens with zero attached hydrogens (tertiary/aromatic N) is 5. The third-order valence-electron chi connectivity index (χ3n) is 7.01. The van der Waals surface area contributed by atoms with Crippen LogP contribution >= 0.6 is 0 Å². The number of aryl methyl sites for hydroxylation is 1. The Hall–Kier alpha value is -2.67. The second-order valence-electron chi connectivity index (χ2n) is 8.96. The summed E-state index contributed by atoms with van der Waals surface area (Å²) >= 11 is 0. The SMILES string of the molecule is O=C(c1ccc(CN2C(=O)CCn3nccc32)cc1)N1CCC(N2CCCCC2)CC1. The van der Waals surface area contributed by atoms with Crippen molar-refractivity contribution in [2.45, 2.75) is 57.7 Å². The lowest BCUT2D eigenvalue weighted by atomic mass is 9.99. The second-order valence-corrected chi connectivity index (χ2v) is 8.96. The van der Waals surface area contributed by atoms with Crippen molar-refractivity contribution in [3.05, 3.63) is 47.7 Å². The van der Waals surface area contributed by atoms with Gasteiger partial charge in [-0.15, -0.1) is 0 Å². The number of benzene rings is 1. The van der Waals surface area contributed by atoms with Gasteiger partial charge in [-0.3, -0.25) is 14.5 Å². The molecule has 7 heteroatoms. The monoisotopic (exact) mass is 421 g/mol. The summed E-state index contributed by atoms with van der Waals surface area (Å²) in [5, 5.41) is 4.28. The maximum Gasteiger partial charge on any atom is 0.253 e. The molecule has 2 aromatic rings. The first kappa shape index (κ1) is 20.2. The zero-order chi connectivity index (χ0) is 21.2. The molecule has 31 heavy (non-hydrogen) atoms. The highest BCUT2D eigenvalue weighted by Gasteiger charge is 2.28. The summed E-state index contributed by atoms with van der Waals surface area (Å²) in [4.78, 5) is 31.8. The van der Waals surface area contributed by atoms with Crippen LogP contribution in [0.15, 0.2) is 36.5 Å². The number of amides is 2. The van der Waals surface area contributed by atoms with Crippen LogP contribution in [0.2, 0.25) is 0 Å². The summed E-state index contributed by atoms with van der Waals surface area (Å²) in [6.45, 7) is 5.27. The first-order chi connectivity index (χ1) is 15.2. The Morgan fingerprint density at radius 3 is 2.42 bits per heavy atom. The highest BCUT2D eigenvalue weighted by atomic mass is 16.2. The van der Waals surface area contributed by atoms with Crippen molar-refractivity contribution in [1.29, 1.82) is 0 Å². The lowest BCUT2D eigenvalue weighted by molar-refractivity contribution is -0.119. The molecule has 0 bridgehead atoms. The van der Waals surface area contributed by atoms with Gasteiger partial charge in [0, 0.05) is 37.2 Å². The molecule has 0 aliphatic carbocycles. The van der Waals surface area contributed by atoms with Gasteiger partial charge >= 0.3 is 0 Å². The Balaban J connectivity index is 1.19. The third kappa shape index (κ3) is 4.24. The maximum absolute atomic E-state index is 13.0. The molecule has 7 nitrogen and oxygen atoms in total. The van der Waals surface area contributed by atoms with Crippen molar-refractivity contribution in [2.75, 3.05) is 31.1 Å². The first-order valence-electron chi connectivity index (χ1n) is 11.6. The first-order valence-corrected chi connectivity index (χ1v) is 11.6. The summed E-state index contributed by atoms with van der Waals surface area (Å²) in [6, 6.07) is 10.3. The molecule has 4 heterocycles. The van der Waals surface area contributed by atoms with Crippen molar-refractivity contribution < 1.29 is 9.59 Å². The fraction of sp³-hybridized carbons (Fsp3) is 0.542. The van der Waals surface area contributed by atoms with Crippen LogP contribution in [0.25, 0.3) is 0 Å². The van der Waals surface area contributed by atoms with Crippen molar-refractivity contribution in [3.8, 4) is 0 Å². The molecular formula is C24H31N5O2. The standard InChI is InChI=1S/C24H31N5O2/c30-23-11-17-29-22(8-12-25-29)28(23)18-19-4-6-20(7-5-19)24(31)27-15-9-21(10-16-27)26-13-2-1-3-14-26/h4-8,12,21H,1-3,9-11,13-18H2. The minimum atomic E-state index is 0.115. The quantitative estimate of drug-likeness (QED) is 0.762. The molecule has 0 atom stereocenters. The van der Waals surface area contributed by atoms with Crippen molar-refractivity contribution in [1.82, 2.24) is 19.6 Å². The van der Waals surface area contributed by atoms with Crippen molar-refractivity contribution in [3.63, 3.8) is 0 Å². The Bertz CT molecular complexity index is 924. The number of rotatable bonds is 4. The van der Waals surface area contributed by atoms with Gasteiger partial charge in [0.2, 0.25) is 5.91 Å². The lowest BCUT2D eigenvalue weighted by Crippen LogP contribution is -2.48. The lowest BCUT2D eigenvalue weighted by Gasteiger charge is -2.40. The fourth-order valence-corrected chi connectivity index (χ4v) is 5.20. The van der Waals surface area contributed by atoms with Crippen LogP contribution in [0, 0.1) is 0 Å². The molecular weight excluding hydrogens is 390 g/mol. The Morgan fingerprint density at radius 1 is 0.935 bits per heavy atom. The number of carbonyl (C=O) groups is 2. The van der Waals surface area contributed by atoms with E-state index < -0.39 is 0 Å². The van der Waals surface area contributed by atoms with Crippen LogP contribution in [0.4, 0.5) is 5.82 Å². The van der Waals surface area contributed by atoms with Gasteiger partial charge < -0.3 is 9.80 Å². The van der Waals surface area contributed by atoms with Gasteiger partial charge in [0.05, 0.1) is 19.3 Å². The highest BCUT2D eigenvalue weighted by molar-refractivity contribution is 5.95. The average molecular weight is 422 g/mol. The molecule has 0 N–H and O–H groups in total. The zero-order valence-electron chi connectivity index (χ0n) is 18.1. The van der Waals surface area contributed by atoms with E-state index in [0.29, 0.717) is 25.6 Å². The van der Waals surface area contributed by atoms with E-state index in [1.165, 1.54) is 32.4 Å². The van der Waals surface area contributed by atoms with E-state index in [4.69, 9.17) is 0 Å². The summed E-state index contributed by atoms with van der Waals surface area (Å²) in [7, 11) is 0. The highest BCUT2D eigenvalue weighted by Crippen LogP contribution is 2.24. The van der Waals surface area contributed by atoms with Crippen LogP contribution in [0.1, 0.15) is 54.4 Å². The van der Waals surface area contributed by atoms with Gasteiger partial charge in [-0.1, -0.05) is 18.6 Å². The molecule has 0 unspecified atom stereocenters. The van der Waals surface area contributed by atoms with Gasteiger partial charge in [0.15, 0.2) is 0 Å². The third-order valence-corrected chi connectivity index (χ3v) is 7.01. The summed E-state index contributed by atoms with van der Waals surface area (Å²) in [5.74, 6) is 1.08. The number of aromatic nitrogens is 2. The second kappa shape index (κ2) is 8.83. The molecule has 0 radical (unpaired) electrons. The number of piperidine rings is 2. The number of fused-ring (bicyclic) bond motifs is 1. The van der Waals surface area contributed by atoms with Crippen molar-refractivity contribution >= 4 is 17.6 Å². The van der Waals surface area contributed by atoms with Gasteiger partial charge in [0.25, 0.3) is 5.91 Å². The van der Waals surface area contributed by atoms with Gasteiger partial charge in [0.1, 0.15) is 5.82 Å². The zero-order valence-corrected chi connectivity index (χ0v) is 18.1. The van der Waals surface area contributed by atoms with Crippen LogP contribution in [-0.2, 0) is 17.9 Å². The molecule has 3 aliphatic rings. The molecule has 2 fully saturated rings. The van der Waals surface area contributed by atoms with E-state index in [0.717, 1.165) is 42.9 Å². The van der Waals surface area contributed by atoms with E-state index in [1.54, 1.807) is 11.1 Å². The Morgan fingerprint density at radius 2 is 1.68 bits per heavy atom. The van der Waals surface area contributed by atoms with Crippen LogP contribution in [0.5, 0.6) is 0 Å². The summed E-state index contributed by atoms with van der Waals surface area (Å²) in [6.07, 6.45) is 8.35. The molecule has 5 rings (SSSR count). The summed E-state index contributed by atoms with van der Waals surface area (Å²) in [5.41, 5.74) is 1.75. The van der Waals surface area contributed by atoms with Crippen LogP contribution in [-0.4, -0.2) is 63.6 Å². The van der Waals surface area contributed by atoms with Gasteiger partial charge in [-0.05, 0) is 56.5 Å². The largest absolute Gasteiger partial charge is 0.339 e. The molecule has 164 valence electrons. The normalized spacial score (nSPS) is 20.7. The molecule has 3 aliphatic heterocycles. The van der Waals surface area contributed by atoms with Gasteiger partial charge in [-0.25, -0.2) is 4.68 Å². The van der Waals surface area contributed by atoms with Gasteiger partial charge in [-0.2, -0.15) is 5.10 Å². The Labute approximate surface area is 183 Å². The predicted octanol–water partition coefficient (Wildman–Crippen LogP) is 2.91. The van der Waals surface area contributed by atoms with E-state index in [9.17, 15) is 9.59 Å². The molecule has 0 spiro atoms. The minimum Gasteiger partial charge on any atom is -0.339 e. The number of carbonyl (C=O) groups excluding carboxylic acids is 2. The predicted molar refractivity (Wildman–Crippen MR) is 119 cm³/mol. The number of hydrogen-bond donors (Lipinski definition) is 0. The fourth-order valence-electron chi connectivity index (χ4n) is 5.20. The van der Waals surface area contributed by atoms with E-state index in [-0.39, 0.29) is 11.8 Å². The average Bonchev–Trinajstić information content (AvgIpc) is 3.31. The van der Waals surface area contributed by atoms with Crippen molar-refractivity contribution in [2.24, 2.45) is 0 Å². The Kier molecular flexibility index (Phi) is 5.76. The van der Waals surface area contributed by atoms with E-state index >= 15 is 0 Å². The smallest absolute Gasteiger partial charge is 0.253 e. The number of likely N-dealkylation sites (tertiary alicyclic amines) is 2. The van der Waals surface area contributed by atoms with E-state index in [2.05, 4.69) is 10.00 Å². The molecule has 2 saturated heterocycles. The molecule has 2 amide bonds. The van der Waals surface area contributed by atoms with Crippen LogP contribution < -0.4 is 4.90 Å².